The van der Waals surface area contributed by atoms with Gasteiger partial charge in [-0.2, -0.15) is 0 Å². The highest BCUT2D eigenvalue weighted by Gasteiger charge is 2.22. The summed E-state index contributed by atoms with van der Waals surface area (Å²) >= 11 is 0. The van der Waals surface area contributed by atoms with Crippen molar-refractivity contribution in [2.24, 2.45) is 0 Å². The van der Waals surface area contributed by atoms with Crippen molar-refractivity contribution in [2.75, 3.05) is 12.4 Å². The maximum atomic E-state index is 12.4. The van der Waals surface area contributed by atoms with Crippen LogP contribution in [0.15, 0.2) is 72.8 Å². The van der Waals surface area contributed by atoms with Gasteiger partial charge in [-0.3, -0.25) is 4.79 Å². The van der Waals surface area contributed by atoms with Gasteiger partial charge in [0.2, 0.25) is 5.91 Å². The molecule has 0 radical (unpaired) electrons. The maximum Gasteiger partial charge on any atom is 0.337 e. The van der Waals surface area contributed by atoms with E-state index in [0.29, 0.717) is 17.6 Å². The van der Waals surface area contributed by atoms with Gasteiger partial charge in [-0.1, -0.05) is 24.3 Å². The van der Waals surface area contributed by atoms with Gasteiger partial charge in [-0.15, -0.1) is 0 Å². The fourth-order valence-electron chi connectivity index (χ4n) is 4.13. The Morgan fingerprint density at radius 1 is 0.829 bits per heavy atom. The summed E-state index contributed by atoms with van der Waals surface area (Å²) < 4.78 is 17.4. The summed E-state index contributed by atoms with van der Waals surface area (Å²) in [6.07, 6.45) is 4.72. The molecule has 7 nitrogen and oxygen atoms in total. The first-order valence-electron chi connectivity index (χ1n) is 11.7. The van der Waals surface area contributed by atoms with Gasteiger partial charge in [0.25, 0.3) is 0 Å². The maximum absolute atomic E-state index is 12.4. The number of para-hydroxylation sites is 1. The lowest BCUT2D eigenvalue weighted by molar-refractivity contribution is -0.115. The Kier molecular flexibility index (Phi) is 8.00. The van der Waals surface area contributed by atoms with Crippen molar-refractivity contribution in [3.8, 4) is 17.2 Å². The summed E-state index contributed by atoms with van der Waals surface area (Å²) in [5.74, 6) is 0.784. The van der Waals surface area contributed by atoms with E-state index in [1.54, 1.807) is 37.4 Å². The van der Waals surface area contributed by atoms with Crippen LogP contribution in [-0.2, 0) is 16.0 Å². The van der Waals surface area contributed by atoms with E-state index < -0.39 is 5.97 Å². The molecule has 3 aromatic carbocycles. The monoisotopic (exact) mass is 475 g/mol. The second-order valence-electron chi connectivity index (χ2n) is 8.55. The topological polar surface area (TPSA) is 94.1 Å². The molecule has 3 aromatic rings. The van der Waals surface area contributed by atoms with Crippen molar-refractivity contribution < 1.29 is 28.9 Å². The van der Waals surface area contributed by atoms with E-state index in [1.165, 1.54) is 6.07 Å². The molecule has 0 saturated heterocycles. The van der Waals surface area contributed by atoms with Crippen LogP contribution in [0.1, 0.15) is 41.6 Å². The molecule has 0 aliphatic heterocycles. The number of amides is 1. The zero-order valence-electron chi connectivity index (χ0n) is 19.6. The first kappa shape index (κ1) is 24.3. The third kappa shape index (κ3) is 6.83. The number of carboxylic acid groups (broad SMARTS) is 1. The molecule has 1 aliphatic rings. The second kappa shape index (κ2) is 11.5. The summed E-state index contributed by atoms with van der Waals surface area (Å²) in [5.41, 5.74) is 1.12. The van der Waals surface area contributed by atoms with Gasteiger partial charge in [0.1, 0.15) is 17.2 Å². The number of rotatable bonds is 9. The number of carboxylic acids is 1. The van der Waals surface area contributed by atoms with Crippen molar-refractivity contribution >= 4 is 17.6 Å². The van der Waals surface area contributed by atoms with Crippen molar-refractivity contribution in [1.29, 1.82) is 0 Å². The quantitative estimate of drug-likeness (QED) is 0.413. The van der Waals surface area contributed by atoms with Crippen LogP contribution in [0, 0.1) is 0 Å². The molecule has 35 heavy (non-hydrogen) atoms. The van der Waals surface area contributed by atoms with Crippen LogP contribution in [0.2, 0.25) is 0 Å². The van der Waals surface area contributed by atoms with Gasteiger partial charge in [0.05, 0.1) is 29.9 Å². The summed E-state index contributed by atoms with van der Waals surface area (Å²) in [7, 11) is 1.76. The zero-order valence-corrected chi connectivity index (χ0v) is 19.6. The Balaban J connectivity index is 1.27. The Bertz CT molecular complexity index is 1130. The average molecular weight is 476 g/mol. The first-order chi connectivity index (χ1) is 17.0. The molecule has 0 bridgehead atoms. The molecule has 7 heteroatoms. The van der Waals surface area contributed by atoms with Gasteiger partial charge >= 0.3 is 5.97 Å². The van der Waals surface area contributed by atoms with E-state index in [0.717, 1.165) is 37.0 Å². The lowest BCUT2D eigenvalue weighted by Gasteiger charge is -2.28. The van der Waals surface area contributed by atoms with Crippen molar-refractivity contribution in [3.05, 3.63) is 83.9 Å². The minimum Gasteiger partial charge on any atom is -0.490 e. The molecule has 1 aliphatic carbocycles. The van der Waals surface area contributed by atoms with Crippen LogP contribution < -0.4 is 14.8 Å². The van der Waals surface area contributed by atoms with Crippen LogP contribution >= 0.6 is 0 Å². The van der Waals surface area contributed by atoms with E-state index in [9.17, 15) is 14.7 Å². The average Bonchev–Trinajstić information content (AvgIpc) is 2.87. The van der Waals surface area contributed by atoms with Crippen LogP contribution in [0.25, 0.3) is 0 Å². The predicted octanol–water partition coefficient (Wildman–Crippen LogP) is 5.69. The molecule has 1 saturated carbocycles. The fourth-order valence-corrected chi connectivity index (χ4v) is 4.13. The number of carbonyl (C=O) groups is 2. The summed E-state index contributed by atoms with van der Waals surface area (Å²) in [5, 5.41) is 11.9. The van der Waals surface area contributed by atoms with E-state index in [4.69, 9.17) is 14.2 Å². The SMILES string of the molecule is COC1CCC(Oc2ccc(Oc3ccc(CC(=O)Nc4ccccc4C(=O)O)cc3)cc2)CC1. The first-order valence-corrected chi connectivity index (χ1v) is 11.7. The summed E-state index contributed by atoms with van der Waals surface area (Å²) in [4.78, 5) is 23.7. The lowest BCUT2D eigenvalue weighted by Crippen LogP contribution is -2.27. The fraction of sp³-hybridized carbons (Fsp3) is 0.286. The molecular formula is C28H29NO6. The van der Waals surface area contributed by atoms with Crippen LogP contribution in [0.3, 0.4) is 0 Å². The highest BCUT2D eigenvalue weighted by atomic mass is 16.5. The van der Waals surface area contributed by atoms with E-state index in [1.807, 2.05) is 36.4 Å². The zero-order chi connectivity index (χ0) is 24.6. The number of ether oxygens (including phenoxy) is 3. The molecular weight excluding hydrogens is 446 g/mol. The number of methoxy groups -OCH3 is 1. The number of hydrogen-bond donors (Lipinski definition) is 2. The number of nitrogens with one attached hydrogen (secondary N) is 1. The minimum atomic E-state index is -1.09. The van der Waals surface area contributed by atoms with Crippen LogP contribution in [0.4, 0.5) is 5.69 Å². The highest BCUT2D eigenvalue weighted by molar-refractivity contribution is 6.00. The molecule has 0 heterocycles. The Labute approximate surface area is 204 Å². The van der Waals surface area contributed by atoms with Crippen molar-refractivity contribution in [3.63, 3.8) is 0 Å². The standard InChI is InChI=1S/C28H29NO6/c1-33-20-10-12-22(13-11-20)35-24-16-14-23(15-17-24)34-21-8-6-19(7-9-21)18-27(30)29-26-5-3-2-4-25(26)28(31)32/h2-9,14-17,20,22H,10-13,18H2,1H3,(H,29,30)(H,31,32). The summed E-state index contributed by atoms with van der Waals surface area (Å²) in [6.45, 7) is 0. The lowest BCUT2D eigenvalue weighted by atomic mass is 9.95. The van der Waals surface area contributed by atoms with Gasteiger partial charge in [0, 0.05) is 7.11 Å². The normalized spacial score (nSPS) is 17.4. The molecule has 1 fully saturated rings. The number of benzene rings is 3. The van der Waals surface area contributed by atoms with Crippen molar-refractivity contribution in [1.82, 2.24) is 0 Å². The Hall–Kier alpha value is -3.84. The molecule has 1 amide bonds. The molecule has 182 valence electrons. The van der Waals surface area contributed by atoms with Gasteiger partial charge in [-0.25, -0.2) is 4.79 Å². The van der Waals surface area contributed by atoms with Gasteiger partial charge in [0.15, 0.2) is 0 Å². The number of carbonyl (C=O) groups excluding carboxylic acids is 1. The number of anilines is 1. The third-order valence-corrected chi connectivity index (χ3v) is 6.04. The molecule has 0 aromatic heterocycles. The number of hydrogen-bond acceptors (Lipinski definition) is 5. The molecule has 0 unspecified atom stereocenters. The van der Waals surface area contributed by atoms with E-state index in [-0.39, 0.29) is 29.7 Å². The van der Waals surface area contributed by atoms with E-state index >= 15 is 0 Å². The Morgan fingerprint density at radius 2 is 1.40 bits per heavy atom. The predicted molar refractivity (Wildman–Crippen MR) is 132 cm³/mol. The molecule has 2 N–H and O–H groups in total. The van der Waals surface area contributed by atoms with Gasteiger partial charge < -0.3 is 24.6 Å². The highest BCUT2D eigenvalue weighted by Crippen LogP contribution is 2.28. The summed E-state index contributed by atoms with van der Waals surface area (Å²) in [6, 6.07) is 21.1. The third-order valence-electron chi connectivity index (χ3n) is 6.04. The minimum absolute atomic E-state index is 0.0551. The van der Waals surface area contributed by atoms with Crippen LogP contribution in [-0.4, -0.2) is 36.3 Å². The van der Waals surface area contributed by atoms with Gasteiger partial charge in [-0.05, 0) is 79.8 Å². The second-order valence-corrected chi connectivity index (χ2v) is 8.55. The molecule has 0 spiro atoms. The number of aromatic carboxylic acids is 1. The van der Waals surface area contributed by atoms with Crippen molar-refractivity contribution in [2.45, 2.75) is 44.3 Å². The molecule has 4 rings (SSSR count). The van der Waals surface area contributed by atoms with Crippen LogP contribution in [0.5, 0.6) is 17.2 Å². The largest absolute Gasteiger partial charge is 0.490 e. The smallest absolute Gasteiger partial charge is 0.337 e. The van der Waals surface area contributed by atoms with E-state index in [2.05, 4.69) is 5.32 Å². The molecule has 0 atom stereocenters. The Morgan fingerprint density at radius 3 is 2.03 bits per heavy atom.